The molecule has 20 heavy (non-hydrogen) atoms. The molecule has 1 heterocycles. The van der Waals surface area contributed by atoms with Gasteiger partial charge in [0.25, 0.3) is 10.0 Å². The van der Waals surface area contributed by atoms with Crippen LogP contribution in [0.1, 0.15) is 24.5 Å². The summed E-state index contributed by atoms with van der Waals surface area (Å²) in [4.78, 5) is 3.74. The van der Waals surface area contributed by atoms with Crippen molar-refractivity contribution in [3.05, 3.63) is 35.1 Å². The number of sulfonamides is 1. The number of nitrogens with zero attached hydrogens (tertiary/aromatic N) is 1. The van der Waals surface area contributed by atoms with E-state index < -0.39 is 20.7 Å². The van der Waals surface area contributed by atoms with Gasteiger partial charge >= 0.3 is 0 Å². The summed E-state index contributed by atoms with van der Waals surface area (Å²) in [6.07, 6.45) is 2.17. The van der Waals surface area contributed by atoms with E-state index in [1.165, 1.54) is 17.4 Å². The lowest BCUT2D eigenvalue weighted by Gasteiger charge is -2.07. The lowest BCUT2D eigenvalue weighted by Crippen LogP contribution is -2.14. The van der Waals surface area contributed by atoms with Crippen molar-refractivity contribution >= 4 is 32.2 Å². The van der Waals surface area contributed by atoms with Crippen LogP contribution in [0.2, 0.25) is 0 Å². The van der Waals surface area contributed by atoms with E-state index in [4.69, 9.17) is 5.73 Å². The number of hydrogen-bond acceptors (Lipinski definition) is 5. The Morgan fingerprint density at radius 2 is 2.15 bits per heavy atom. The van der Waals surface area contributed by atoms with E-state index in [0.717, 1.165) is 30.7 Å². The summed E-state index contributed by atoms with van der Waals surface area (Å²) in [5.41, 5.74) is 6.57. The zero-order chi connectivity index (χ0) is 14.3. The van der Waals surface area contributed by atoms with Crippen molar-refractivity contribution in [3.8, 4) is 0 Å². The van der Waals surface area contributed by atoms with Gasteiger partial charge in [-0.3, -0.25) is 4.72 Å². The third kappa shape index (κ3) is 2.61. The van der Waals surface area contributed by atoms with Gasteiger partial charge in [-0.2, -0.15) is 0 Å². The van der Waals surface area contributed by atoms with Gasteiger partial charge in [-0.25, -0.2) is 17.8 Å². The summed E-state index contributed by atoms with van der Waals surface area (Å²) >= 11 is 1.19. The van der Waals surface area contributed by atoms with Gasteiger partial charge in [-0.05, 0) is 31.0 Å². The van der Waals surface area contributed by atoms with Crippen LogP contribution in [0, 0.1) is 5.82 Å². The van der Waals surface area contributed by atoms with Crippen molar-refractivity contribution in [1.29, 1.82) is 0 Å². The second kappa shape index (κ2) is 4.71. The van der Waals surface area contributed by atoms with Gasteiger partial charge in [0.1, 0.15) is 10.7 Å². The molecule has 1 aromatic heterocycles. The van der Waals surface area contributed by atoms with Crippen LogP contribution in [0.4, 0.5) is 15.2 Å². The average molecular weight is 313 g/mol. The van der Waals surface area contributed by atoms with Crippen molar-refractivity contribution in [3.63, 3.8) is 0 Å². The summed E-state index contributed by atoms with van der Waals surface area (Å²) in [6, 6.07) is 3.43. The number of hydrogen-bond donors (Lipinski definition) is 2. The van der Waals surface area contributed by atoms with Crippen LogP contribution in [-0.4, -0.2) is 13.4 Å². The number of benzene rings is 1. The number of nitrogens with one attached hydrogen (secondary N) is 1. The van der Waals surface area contributed by atoms with Crippen molar-refractivity contribution < 1.29 is 12.8 Å². The first-order valence-corrected chi connectivity index (χ1v) is 8.35. The first-order chi connectivity index (χ1) is 9.45. The van der Waals surface area contributed by atoms with E-state index in [1.807, 2.05) is 5.38 Å². The van der Waals surface area contributed by atoms with Crippen LogP contribution in [-0.2, 0) is 10.0 Å². The Kier molecular flexibility index (Phi) is 3.14. The molecule has 0 amide bonds. The lowest BCUT2D eigenvalue weighted by molar-refractivity contribution is 0.570. The second-order valence-corrected chi connectivity index (χ2v) is 7.16. The fourth-order valence-electron chi connectivity index (χ4n) is 1.80. The fourth-order valence-corrected chi connectivity index (χ4v) is 3.95. The quantitative estimate of drug-likeness (QED) is 0.849. The summed E-state index contributed by atoms with van der Waals surface area (Å²) in [5.74, 6) is -0.403. The van der Waals surface area contributed by atoms with E-state index in [0.29, 0.717) is 5.92 Å². The van der Waals surface area contributed by atoms with Gasteiger partial charge in [0.2, 0.25) is 0 Å². The standard InChI is InChI=1S/C12H12FN3O2S2/c13-9-4-3-8(14)5-11(9)20(17,18)16-12-15-10(6-19-12)7-1-2-7/h3-7H,1-2,14H2,(H,15,16). The molecule has 1 saturated carbocycles. The molecule has 0 aliphatic heterocycles. The van der Waals surface area contributed by atoms with E-state index in [-0.39, 0.29) is 10.8 Å². The third-order valence-electron chi connectivity index (χ3n) is 2.98. The first kappa shape index (κ1) is 13.3. The second-order valence-electron chi connectivity index (χ2n) is 4.65. The van der Waals surface area contributed by atoms with E-state index in [9.17, 15) is 12.8 Å². The van der Waals surface area contributed by atoms with Crippen LogP contribution in [0.3, 0.4) is 0 Å². The lowest BCUT2D eigenvalue weighted by atomic mass is 10.3. The SMILES string of the molecule is Nc1ccc(F)c(S(=O)(=O)Nc2nc(C3CC3)cs2)c1. The Balaban J connectivity index is 1.89. The number of thiazole rings is 1. The minimum Gasteiger partial charge on any atom is -0.399 e. The molecule has 0 saturated heterocycles. The first-order valence-electron chi connectivity index (χ1n) is 5.99. The largest absolute Gasteiger partial charge is 0.399 e. The van der Waals surface area contributed by atoms with Crippen LogP contribution in [0.15, 0.2) is 28.5 Å². The van der Waals surface area contributed by atoms with Gasteiger partial charge in [0.15, 0.2) is 5.13 Å². The Morgan fingerprint density at radius 3 is 2.85 bits per heavy atom. The highest BCUT2D eigenvalue weighted by Gasteiger charge is 2.27. The summed E-state index contributed by atoms with van der Waals surface area (Å²) in [7, 11) is -4.02. The molecular weight excluding hydrogens is 301 g/mol. The number of aromatic nitrogens is 1. The molecule has 3 rings (SSSR count). The van der Waals surface area contributed by atoms with Crippen LogP contribution >= 0.6 is 11.3 Å². The molecule has 0 bridgehead atoms. The molecule has 1 aliphatic rings. The molecule has 106 valence electrons. The van der Waals surface area contributed by atoms with Gasteiger partial charge in [-0.15, -0.1) is 11.3 Å². The molecule has 2 aromatic rings. The van der Waals surface area contributed by atoms with E-state index >= 15 is 0 Å². The zero-order valence-corrected chi connectivity index (χ0v) is 12.0. The summed E-state index contributed by atoms with van der Waals surface area (Å²) in [6.45, 7) is 0. The van der Waals surface area contributed by atoms with Gasteiger partial charge in [0, 0.05) is 17.0 Å². The molecule has 3 N–H and O–H groups in total. The minimum atomic E-state index is -4.02. The maximum Gasteiger partial charge on any atom is 0.266 e. The zero-order valence-electron chi connectivity index (χ0n) is 10.3. The molecule has 8 heteroatoms. The Morgan fingerprint density at radius 1 is 1.40 bits per heavy atom. The number of nitrogens with two attached hydrogens (primary N) is 1. The normalized spacial score (nSPS) is 15.2. The van der Waals surface area contributed by atoms with E-state index in [2.05, 4.69) is 9.71 Å². The third-order valence-corrected chi connectivity index (χ3v) is 5.24. The minimum absolute atomic E-state index is 0.185. The van der Waals surface area contributed by atoms with Crippen molar-refractivity contribution in [2.45, 2.75) is 23.7 Å². The smallest absolute Gasteiger partial charge is 0.266 e. The van der Waals surface area contributed by atoms with E-state index in [1.54, 1.807) is 0 Å². The molecular formula is C12H12FN3O2S2. The van der Waals surface area contributed by atoms with Gasteiger partial charge in [0.05, 0.1) is 5.69 Å². The summed E-state index contributed by atoms with van der Waals surface area (Å²) < 4.78 is 40.2. The highest BCUT2D eigenvalue weighted by atomic mass is 32.2. The number of rotatable bonds is 4. The number of anilines is 2. The molecule has 5 nitrogen and oxygen atoms in total. The van der Waals surface area contributed by atoms with Crippen molar-refractivity contribution in [1.82, 2.24) is 4.98 Å². The predicted molar refractivity (Wildman–Crippen MR) is 75.7 cm³/mol. The molecule has 0 radical (unpaired) electrons. The predicted octanol–water partition coefficient (Wildman–Crippen LogP) is 2.54. The molecule has 0 spiro atoms. The van der Waals surface area contributed by atoms with Crippen LogP contribution < -0.4 is 10.5 Å². The Hall–Kier alpha value is -1.67. The molecule has 1 aromatic carbocycles. The maximum absolute atomic E-state index is 13.6. The van der Waals surface area contributed by atoms with Crippen molar-refractivity contribution in [2.24, 2.45) is 0 Å². The highest BCUT2D eigenvalue weighted by Crippen LogP contribution is 2.41. The van der Waals surface area contributed by atoms with Crippen molar-refractivity contribution in [2.75, 3.05) is 10.5 Å². The molecule has 0 unspecified atom stereocenters. The number of halogens is 1. The van der Waals surface area contributed by atoms with Gasteiger partial charge in [-0.1, -0.05) is 0 Å². The molecule has 1 fully saturated rings. The monoisotopic (exact) mass is 313 g/mol. The molecule has 0 atom stereocenters. The summed E-state index contributed by atoms with van der Waals surface area (Å²) in [5, 5.41) is 2.07. The maximum atomic E-state index is 13.6. The van der Waals surface area contributed by atoms with Gasteiger partial charge < -0.3 is 5.73 Å². The van der Waals surface area contributed by atoms with Crippen LogP contribution in [0.25, 0.3) is 0 Å². The molecule has 1 aliphatic carbocycles. The highest BCUT2D eigenvalue weighted by molar-refractivity contribution is 7.93. The Labute approximate surface area is 119 Å². The average Bonchev–Trinajstić information content (AvgIpc) is 3.13. The fraction of sp³-hybridized carbons (Fsp3) is 0.250. The number of nitrogen functional groups attached to an aromatic ring is 1. The topological polar surface area (TPSA) is 85.1 Å². The van der Waals surface area contributed by atoms with Crippen LogP contribution in [0.5, 0.6) is 0 Å². The Bertz CT molecular complexity index is 754.